The summed E-state index contributed by atoms with van der Waals surface area (Å²) in [7, 11) is 0. The zero-order valence-electron chi connectivity index (χ0n) is 11.5. The zero-order valence-corrected chi connectivity index (χ0v) is 11.5. The highest BCUT2D eigenvalue weighted by Crippen LogP contribution is 2.20. The Morgan fingerprint density at radius 3 is 2.26 bits per heavy atom. The van der Waals surface area contributed by atoms with Gasteiger partial charge in [-0.15, -0.1) is 6.58 Å². The van der Waals surface area contributed by atoms with Crippen LogP contribution in [-0.4, -0.2) is 18.2 Å². The molecule has 0 fully saturated rings. The van der Waals surface area contributed by atoms with E-state index in [0.29, 0.717) is 13.0 Å². The van der Waals surface area contributed by atoms with Crippen LogP contribution in [-0.2, 0) is 9.59 Å². The molecule has 19 heavy (non-hydrogen) atoms. The predicted octanol–water partition coefficient (Wildman–Crippen LogP) is 3.05. The number of carbonyl (C=O) groups is 2. The van der Waals surface area contributed by atoms with Crippen molar-refractivity contribution in [2.75, 3.05) is 6.61 Å². The van der Waals surface area contributed by atoms with E-state index >= 15 is 0 Å². The van der Waals surface area contributed by atoms with Gasteiger partial charge in [-0.05, 0) is 38.3 Å². The van der Waals surface area contributed by atoms with Gasteiger partial charge in [0.1, 0.15) is 17.3 Å². The van der Waals surface area contributed by atoms with Gasteiger partial charge in [0.2, 0.25) is 0 Å². The fourth-order valence-electron chi connectivity index (χ4n) is 2.14. The normalized spacial score (nSPS) is 11.9. The molecule has 1 aromatic rings. The van der Waals surface area contributed by atoms with Crippen molar-refractivity contribution >= 4 is 11.6 Å². The first-order valence-electron chi connectivity index (χ1n) is 6.37. The minimum absolute atomic E-state index is 0.114. The second kappa shape index (κ2) is 7.52. The fraction of sp³-hybridized carbons (Fsp3) is 0.375. The smallest absolute Gasteiger partial charge is 0.140 e. The SMILES string of the molecule is C=CC(CCOc1ccccc1)C(C(C)=O)C(C)=O. The van der Waals surface area contributed by atoms with E-state index in [-0.39, 0.29) is 17.5 Å². The average Bonchev–Trinajstić information content (AvgIpc) is 2.37. The molecule has 0 N–H and O–H groups in total. The molecule has 102 valence electrons. The Kier molecular flexibility index (Phi) is 6.00. The molecule has 1 aromatic carbocycles. The van der Waals surface area contributed by atoms with Crippen molar-refractivity contribution < 1.29 is 14.3 Å². The Labute approximate surface area is 114 Å². The van der Waals surface area contributed by atoms with Gasteiger partial charge in [-0.25, -0.2) is 0 Å². The summed E-state index contributed by atoms with van der Waals surface area (Å²) >= 11 is 0. The molecule has 0 heterocycles. The van der Waals surface area contributed by atoms with Crippen LogP contribution in [0.5, 0.6) is 5.75 Å². The Bertz CT molecular complexity index is 423. The quantitative estimate of drug-likeness (QED) is 0.533. The first-order valence-corrected chi connectivity index (χ1v) is 6.37. The lowest BCUT2D eigenvalue weighted by molar-refractivity contribution is -0.132. The van der Waals surface area contributed by atoms with Crippen molar-refractivity contribution in [1.82, 2.24) is 0 Å². The van der Waals surface area contributed by atoms with Crippen molar-refractivity contribution in [3.05, 3.63) is 43.0 Å². The first kappa shape index (κ1) is 15.2. The van der Waals surface area contributed by atoms with Crippen molar-refractivity contribution in [2.45, 2.75) is 20.3 Å². The van der Waals surface area contributed by atoms with E-state index in [2.05, 4.69) is 6.58 Å². The van der Waals surface area contributed by atoms with Crippen molar-refractivity contribution in [3.8, 4) is 5.75 Å². The van der Waals surface area contributed by atoms with Crippen LogP contribution in [0.1, 0.15) is 20.3 Å². The maximum Gasteiger partial charge on any atom is 0.140 e. The molecule has 3 nitrogen and oxygen atoms in total. The Balaban J connectivity index is 2.55. The lowest BCUT2D eigenvalue weighted by Gasteiger charge is -2.19. The van der Waals surface area contributed by atoms with Crippen LogP contribution in [0.25, 0.3) is 0 Å². The first-order chi connectivity index (χ1) is 9.06. The minimum atomic E-state index is -0.600. The molecule has 0 saturated heterocycles. The molecular weight excluding hydrogens is 240 g/mol. The number of benzene rings is 1. The summed E-state index contributed by atoms with van der Waals surface area (Å²) in [5.74, 6) is -0.211. The molecule has 3 heteroatoms. The van der Waals surface area contributed by atoms with Gasteiger partial charge in [0.25, 0.3) is 0 Å². The molecule has 1 rings (SSSR count). The third-order valence-electron chi connectivity index (χ3n) is 3.07. The number of hydrogen-bond acceptors (Lipinski definition) is 3. The third-order valence-corrected chi connectivity index (χ3v) is 3.07. The summed E-state index contributed by atoms with van der Waals surface area (Å²) in [6.45, 7) is 7.06. The van der Waals surface area contributed by atoms with Gasteiger partial charge in [0.05, 0.1) is 12.5 Å². The molecule has 0 bridgehead atoms. The Morgan fingerprint density at radius 1 is 1.21 bits per heavy atom. The van der Waals surface area contributed by atoms with Crippen LogP contribution in [0.4, 0.5) is 0 Å². The second-order valence-electron chi connectivity index (χ2n) is 4.55. The summed E-state index contributed by atoms with van der Waals surface area (Å²) < 4.78 is 5.58. The Morgan fingerprint density at radius 2 is 1.79 bits per heavy atom. The molecule has 0 amide bonds. The number of Topliss-reactive ketones (excluding diaryl/α,β-unsaturated/α-hetero) is 2. The maximum absolute atomic E-state index is 11.5. The lowest BCUT2D eigenvalue weighted by Crippen LogP contribution is -2.28. The van der Waals surface area contributed by atoms with Crippen LogP contribution >= 0.6 is 0 Å². The monoisotopic (exact) mass is 260 g/mol. The van der Waals surface area contributed by atoms with Crippen LogP contribution in [0.2, 0.25) is 0 Å². The van der Waals surface area contributed by atoms with Crippen molar-refractivity contribution in [3.63, 3.8) is 0 Å². The van der Waals surface area contributed by atoms with E-state index in [9.17, 15) is 9.59 Å². The van der Waals surface area contributed by atoms with E-state index in [4.69, 9.17) is 4.74 Å². The third kappa shape index (κ3) is 4.70. The van der Waals surface area contributed by atoms with Gasteiger partial charge in [-0.1, -0.05) is 24.3 Å². The van der Waals surface area contributed by atoms with E-state index in [1.807, 2.05) is 30.3 Å². The fourth-order valence-corrected chi connectivity index (χ4v) is 2.14. The number of ether oxygens (including phenoxy) is 1. The van der Waals surface area contributed by atoms with Crippen LogP contribution in [0.15, 0.2) is 43.0 Å². The summed E-state index contributed by atoms with van der Waals surface area (Å²) in [5, 5.41) is 0. The van der Waals surface area contributed by atoms with Crippen LogP contribution < -0.4 is 4.74 Å². The predicted molar refractivity (Wildman–Crippen MR) is 75.1 cm³/mol. The number of para-hydroxylation sites is 1. The van der Waals surface area contributed by atoms with Crippen molar-refractivity contribution in [2.24, 2.45) is 11.8 Å². The molecule has 0 spiro atoms. The summed E-state index contributed by atoms with van der Waals surface area (Å²) in [4.78, 5) is 23.0. The zero-order chi connectivity index (χ0) is 14.3. The van der Waals surface area contributed by atoms with Crippen molar-refractivity contribution in [1.29, 1.82) is 0 Å². The summed E-state index contributed by atoms with van der Waals surface area (Å²) in [6, 6.07) is 9.45. The van der Waals surface area contributed by atoms with E-state index < -0.39 is 5.92 Å². The van der Waals surface area contributed by atoms with Crippen LogP contribution in [0, 0.1) is 11.8 Å². The second-order valence-corrected chi connectivity index (χ2v) is 4.55. The number of rotatable bonds is 8. The van der Waals surface area contributed by atoms with E-state index in [1.54, 1.807) is 6.08 Å². The molecule has 0 radical (unpaired) electrons. The number of allylic oxidation sites excluding steroid dienone is 1. The van der Waals surface area contributed by atoms with Gasteiger partial charge < -0.3 is 4.74 Å². The molecule has 0 saturated carbocycles. The Hall–Kier alpha value is -1.90. The van der Waals surface area contributed by atoms with E-state index in [0.717, 1.165) is 5.75 Å². The summed E-state index contributed by atoms with van der Waals surface area (Å²) in [6.07, 6.45) is 2.27. The molecule has 1 atom stereocenters. The molecular formula is C16H20O3. The number of carbonyl (C=O) groups excluding carboxylic acids is 2. The minimum Gasteiger partial charge on any atom is -0.494 e. The van der Waals surface area contributed by atoms with Gasteiger partial charge in [0.15, 0.2) is 0 Å². The number of hydrogen-bond donors (Lipinski definition) is 0. The molecule has 0 aliphatic heterocycles. The molecule has 0 aliphatic carbocycles. The topological polar surface area (TPSA) is 43.4 Å². The highest BCUT2D eigenvalue weighted by atomic mass is 16.5. The van der Waals surface area contributed by atoms with Crippen LogP contribution in [0.3, 0.4) is 0 Å². The highest BCUT2D eigenvalue weighted by Gasteiger charge is 2.27. The standard InChI is InChI=1S/C16H20O3/c1-4-14(16(12(2)17)13(3)18)10-11-19-15-8-6-5-7-9-15/h4-9,14,16H,1,10-11H2,2-3H3. The number of ketones is 2. The average molecular weight is 260 g/mol. The highest BCUT2D eigenvalue weighted by molar-refractivity contribution is 6.00. The van der Waals surface area contributed by atoms with Gasteiger partial charge >= 0.3 is 0 Å². The summed E-state index contributed by atoms with van der Waals surface area (Å²) in [5.41, 5.74) is 0. The molecule has 0 aliphatic rings. The van der Waals surface area contributed by atoms with Gasteiger partial charge in [-0.3, -0.25) is 9.59 Å². The van der Waals surface area contributed by atoms with Gasteiger partial charge in [-0.2, -0.15) is 0 Å². The maximum atomic E-state index is 11.5. The van der Waals surface area contributed by atoms with Gasteiger partial charge in [0, 0.05) is 0 Å². The lowest BCUT2D eigenvalue weighted by atomic mass is 9.84. The molecule has 0 aromatic heterocycles. The van der Waals surface area contributed by atoms with E-state index in [1.165, 1.54) is 13.8 Å². The largest absolute Gasteiger partial charge is 0.494 e. The molecule has 1 unspecified atom stereocenters.